The maximum absolute atomic E-state index is 13.9. The summed E-state index contributed by atoms with van der Waals surface area (Å²) in [4.78, 5) is 4.18. The van der Waals surface area contributed by atoms with Crippen molar-refractivity contribution in [1.29, 1.82) is 0 Å². The van der Waals surface area contributed by atoms with Crippen molar-refractivity contribution in [2.75, 3.05) is 20.1 Å². The first-order valence-electron chi connectivity index (χ1n) is 8.48. The van der Waals surface area contributed by atoms with E-state index in [9.17, 15) is 13.9 Å². The first kappa shape index (κ1) is 16.6. The minimum atomic E-state index is -0.563. The van der Waals surface area contributed by atoms with Gasteiger partial charge in [-0.1, -0.05) is 6.07 Å². The van der Waals surface area contributed by atoms with Crippen LogP contribution in [0.15, 0.2) is 18.2 Å². The van der Waals surface area contributed by atoms with Crippen LogP contribution in [0.25, 0.3) is 0 Å². The maximum atomic E-state index is 13.9. The van der Waals surface area contributed by atoms with Crippen LogP contribution >= 0.6 is 0 Å². The van der Waals surface area contributed by atoms with Crippen molar-refractivity contribution >= 4 is 0 Å². The van der Waals surface area contributed by atoms with Gasteiger partial charge in [0.25, 0.3) is 0 Å². The monoisotopic (exact) mass is 349 g/mol. The number of hydrogen-bond donors (Lipinski definition) is 1. The molecule has 134 valence electrons. The summed E-state index contributed by atoms with van der Waals surface area (Å²) in [5, 5.41) is 18.5. The third kappa shape index (κ3) is 3.17. The van der Waals surface area contributed by atoms with E-state index in [-0.39, 0.29) is 12.1 Å². The Morgan fingerprint density at radius 1 is 1.24 bits per heavy atom. The Kier molecular flexibility index (Phi) is 4.26. The molecule has 2 aliphatic heterocycles. The molecule has 1 aromatic carbocycles. The van der Waals surface area contributed by atoms with E-state index < -0.39 is 11.6 Å². The summed E-state index contributed by atoms with van der Waals surface area (Å²) in [6, 6.07) is 3.77. The van der Waals surface area contributed by atoms with Crippen molar-refractivity contribution < 1.29 is 13.9 Å². The fourth-order valence-corrected chi connectivity index (χ4v) is 3.78. The van der Waals surface area contributed by atoms with Gasteiger partial charge in [0.1, 0.15) is 17.5 Å². The summed E-state index contributed by atoms with van der Waals surface area (Å²) < 4.78 is 29.0. The molecule has 6 nitrogen and oxygen atoms in total. The van der Waals surface area contributed by atoms with Crippen LogP contribution in [0.4, 0.5) is 8.78 Å². The number of likely N-dealkylation sites (tertiary alicyclic amines) is 1. The predicted molar refractivity (Wildman–Crippen MR) is 86.5 cm³/mol. The number of benzene rings is 1. The van der Waals surface area contributed by atoms with Gasteiger partial charge in [0, 0.05) is 37.8 Å². The lowest BCUT2D eigenvalue weighted by Crippen LogP contribution is -2.35. The SMILES string of the molecule is CN1C[C@H](O)C[C@H]1c1nnc2n1CCN(Cc1ccc(F)cc1F)C2. The number of fused-ring (bicyclic) bond motifs is 1. The van der Waals surface area contributed by atoms with E-state index in [0.717, 1.165) is 30.8 Å². The zero-order chi connectivity index (χ0) is 17.6. The van der Waals surface area contributed by atoms with Crippen molar-refractivity contribution in [3.05, 3.63) is 47.0 Å². The highest BCUT2D eigenvalue weighted by Gasteiger charge is 2.34. The van der Waals surface area contributed by atoms with Crippen LogP contribution in [-0.4, -0.2) is 55.9 Å². The molecule has 0 spiro atoms. The fraction of sp³-hybridized carbons (Fsp3) is 0.529. The molecule has 0 saturated carbocycles. The molecule has 1 saturated heterocycles. The lowest BCUT2D eigenvalue weighted by molar-refractivity contribution is 0.182. The largest absolute Gasteiger partial charge is 0.392 e. The number of β-amino-alcohol motifs (C(OH)–C–C–N with tert-alkyl or cyclic N) is 1. The van der Waals surface area contributed by atoms with E-state index in [4.69, 9.17) is 0 Å². The topological polar surface area (TPSA) is 57.4 Å². The second-order valence-electron chi connectivity index (χ2n) is 6.92. The number of hydrogen-bond acceptors (Lipinski definition) is 5. The average molecular weight is 349 g/mol. The molecule has 4 rings (SSSR count). The molecule has 0 amide bonds. The number of rotatable bonds is 3. The summed E-state index contributed by atoms with van der Waals surface area (Å²) >= 11 is 0. The van der Waals surface area contributed by atoms with Crippen LogP contribution in [0, 0.1) is 11.6 Å². The van der Waals surface area contributed by atoms with Gasteiger partial charge in [-0.25, -0.2) is 8.78 Å². The molecule has 0 bridgehead atoms. The van der Waals surface area contributed by atoms with Gasteiger partial charge in [0.05, 0.1) is 18.7 Å². The Hall–Kier alpha value is -1.90. The molecule has 0 radical (unpaired) electrons. The molecule has 8 heteroatoms. The first-order valence-corrected chi connectivity index (χ1v) is 8.48. The van der Waals surface area contributed by atoms with Crippen molar-refractivity contribution in [1.82, 2.24) is 24.6 Å². The van der Waals surface area contributed by atoms with E-state index in [1.165, 1.54) is 12.1 Å². The Morgan fingerprint density at radius 2 is 2.08 bits per heavy atom. The smallest absolute Gasteiger partial charge is 0.150 e. The van der Waals surface area contributed by atoms with Crippen molar-refractivity contribution in [2.45, 2.75) is 38.2 Å². The minimum absolute atomic E-state index is 0.0809. The van der Waals surface area contributed by atoms with Gasteiger partial charge >= 0.3 is 0 Å². The average Bonchev–Trinajstić information content (AvgIpc) is 3.12. The minimum Gasteiger partial charge on any atom is -0.392 e. The van der Waals surface area contributed by atoms with E-state index in [1.54, 1.807) is 0 Å². The predicted octanol–water partition coefficient (Wildman–Crippen LogP) is 1.31. The van der Waals surface area contributed by atoms with Crippen molar-refractivity contribution in [3.63, 3.8) is 0 Å². The van der Waals surface area contributed by atoms with Crippen LogP contribution in [0.1, 0.15) is 29.7 Å². The Labute approximate surface area is 144 Å². The maximum Gasteiger partial charge on any atom is 0.150 e. The normalized spacial score (nSPS) is 24.6. The molecule has 0 unspecified atom stereocenters. The van der Waals surface area contributed by atoms with Gasteiger partial charge in [-0.3, -0.25) is 9.80 Å². The molecule has 3 heterocycles. The highest BCUT2D eigenvalue weighted by molar-refractivity contribution is 5.19. The molecule has 1 N–H and O–H groups in total. The van der Waals surface area contributed by atoms with Gasteiger partial charge < -0.3 is 9.67 Å². The molecule has 25 heavy (non-hydrogen) atoms. The van der Waals surface area contributed by atoms with E-state index in [2.05, 4.69) is 24.6 Å². The molecule has 0 aliphatic carbocycles. The Morgan fingerprint density at radius 3 is 2.80 bits per heavy atom. The lowest BCUT2D eigenvalue weighted by atomic mass is 10.1. The highest BCUT2D eigenvalue weighted by atomic mass is 19.1. The van der Waals surface area contributed by atoms with E-state index in [0.29, 0.717) is 31.6 Å². The van der Waals surface area contributed by atoms with Crippen molar-refractivity contribution in [3.8, 4) is 0 Å². The van der Waals surface area contributed by atoms with Gasteiger partial charge in [-0.05, 0) is 19.5 Å². The number of likely N-dealkylation sites (N-methyl/N-ethyl adjacent to an activating group) is 1. The van der Waals surface area contributed by atoms with Crippen LogP contribution in [0.3, 0.4) is 0 Å². The van der Waals surface area contributed by atoms with Gasteiger partial charge in [-0.15, -0.1) is 10.2 Å². The van der Waals surface area contributed by atoms with Crippen molar-refractivity contribution in [2.24, 2.45) is 0 Å². The van der Waals surface area contributed by atoms with Gasteiger partial charge in [0.15, 0.2) is 5.82 Å². The molecular formula is C17H21F2N5O. The number of halogens is 2. The Balaban J connectivity index is 1.49. The molecule has 2 aromatic rings. The summed E-state index contributed by atoms with van der Waals surface area (Å²) in [5.41, 5.74) is 0.480. The standard InChI is InChI=1S/C17H21F2N5O/c1-22-9-13(25)7-15(22)17-21-20-16-10-23(4-5-24(16)17)8-11-2-3-12(18)6-14(11)19/h2-3,6,13,15,25H,4-5,7-10H2,1H3/t13-,15+/m1/s1. The van der Waals surface area contributed by atoms with Crippen LogP contribution in [0.5, 0.6) is 0 Å². The summed E-state index contributed by atoms with van der Waals surface area (Å²) in [7, 11) is 1.98. The number of aliphatic hydroxyl groups excluding tert-OH is 1. The van der Waals surface area contributed by atoms with Crippen LogP contribution < -0.4 is 0 Å². The number of aromatic nitrogens is 3. The summed E-state index contributed by atoms with van der Waals surface area (Å²) in [5.74, 6) is 0.654. The molecule has 1 aromatic heterocycles. The second kappa shape index (κ2) is 6.44. The number of nitrogens with zero attached hydrogens (tertiary/aromatic N) is 5. The van der Waals surface area contributed by atoms with Crippen LogP contribution in [0.2, 0.25) is 0 Å². The first-order chi connectivity index (χ1) is 12.0. The summed E-state index contributed by atoms with van der Waals surface area (Å²) in [6.45, 7) is 3.09. The van der Waals surface area contributed by atoms with E-state index >= 15 is 0 Å². The second-order valence-corrected chi connectivity index (χ2v) is 6.92. The molecule has 2 aliphatic rings. The zero-order valence-corrected chi connectivity index (χ0v) is 14.1. The molecule has 1 fully saturated rings. The van der Waals surface area contributed by atoms with E-state index in [1.807, 2.05) is 7.05 Å². The number of aliphatic hydroxyl groups is 1. The third-order valence-electron chi connectivity index (χ3n) is 5.09. The molecule has 2 atom stereocenters. The van der Waals surface area contributed by atoms with Gasteiger partial charge in [-0.2, -0.15) is 0 Å². The summed E-state index contributed by atoms with van der Waals surface area (Å²) in [6.07, 6.45) is 0.337. The van der Waals surface area contributed by atoms with Crippen LogP contribution in [-0.2, 0) is 19.6 Å². The zero-order valence-electron chi connectivity index (χ0n) is 14.1. The third-order valence-corrected chi connectivity index (χ3v) is 5.09. The highest BCUT2D eigenvalue weighted by Crippen LogP contribution is 2.31. The quantitative estimate of drug-likeness (QED) is 0.906. The van der Waals surface area contributed by atoms with Gasteiger partial charge in [0.2, 0.25) is 0 Å². The fourth-order valence-electron chi connectivity index (χ4n) is 3.78. The lowest BCUT2D eigenvalue weighted by Gasteiger charge is -2.29. The molecular weight excluding hydrogens is 328 g/mol. The Bertz CT molecular complexity index is 780.